The number of hydrogen-bond acceptors (Lipinski definition) is 6. The van der Waals surface area contributed by atoms with Crippen LogP contribution in [-0.4, -0.2) is 30.5 Å². The summed E-state index contributed by atoms with van der Waals surface area (Å²) in [4.78, 5) is 5.07. The molecule has 2 N–H and O–H groups in total. The molecule has 0 aromatic heterocycles. The van der Waals surface area contributed by atoms with Crippen molar-refractivity contribution in [3.63, 3.8) is 0 Å². The highest BCUT2D eigenvalue weighted by atomic mass is 32.2. The van der Waals surface area contributed by atoms with Crippen molar-refractivity contribution in [1.29, 1.82) is 0 Å². The Morgan fingerprint density at radius 3 is 2.19 bits per heavy atom. The van der Waals surface area contributed by atoms with Crippen LogP contribution in [0.1, 0.15) is 22.3 Å². The van der Waals surface area contributed by atoms with Gasteiger partial charge in [-0.25, -0.2) is 9.20 Å². The van der Waals surface area contributed by atoms with Gasteiger partial charge in [-0.2, -0.15) is 0 Å². The molecule has 1 aliphatic rings. The SMILES string of the molecule is COc1ccc(C2(c3cccc(-c4cc(OC)cc(OS(C)=O)c4)c3)N=C(N)c3ccccc32)cc1. The fraction of sp³-hybridized carbons (Fsp3) is 0.138. The lowest BCUT2D eigenvalue weighted by atomic mass is 9.77. The van der Waals surface area contributed by atoms with E-state index in [-0.39, 0.29) is 0 Å². The molecule has 0 spiro atoms. The van der Waals surface area contributed by atoms with E-state index in [1.54, 1.807) is 20.3 Å². The highest BCUT2D eigenvalue weighted by Gasteiger charge is 2.42. The summed E-state index contributed by atoms with van der Waals surface area (Å²) in [5.74, 6) is 2.34. The van der Waals surface area contributed by atoms with Gasteiger partial charge in [0.25, 0.3) is 0 Å². The summed E-state index contributed by atoms with van der Waals surface area (Å²) < 4.78 is 28.0. The van der Waals surface area contributed by atoms with Gasteiger partial charge >= 0.3 is 0 Å². The summed E-state index contributed by atoms with van der Waals surface area (Å²) in [6.45, 7) is 0. The van der Waals surface area contributed by atoms with Gasteiger partial charge in [-0.05, 0) is 58.1 Å². The zero-order chi connectivity index (χ0) is 25.3. The smallest absolute Gasteiger partial charge is 0.203 e. The summed E-state index contributed by atoms with van der Waals surface area (Å²) in [5, 5.41) is 0. The van der Waals surface area contributed by atoms with Gasteiger partial charge in [0.1, 0.15) is 28.6 Å². The van der Waals surface area contributed by atoms with E-state index < -0.39 is 16.6 Å². The standard InChI is InChI=1S/C29H26N2O4S/c1-33-23-13-11-21(12-14-23)29(27-10-5-4-9-26(27)28(30)31-29)22-8-6-7-19(15-22)20-16-24(34-2)18-25(17-20)35-36(3)32/h4-18H,1-3H3,(H2,30,31). The third-order valence-electron chi connectivity index (χ3n) is 6.33. The molecule has 0 amide bonds. The van der Waals surface area contributed by atoms with Crippen LogP contribution in [0.15, 0.2) is 96.0 Å². The van der Waals surface area contributed by atoms with Crippen molar-refractivity contribution in [2.75, 3.05) is 20.5 Å². The third-order valence-corrected chi connectivity index (χ3v) is 6.76. The molecule has 1 aliphatic heterocycles. The van der Waals surface area contributed by atoms with Crippen LogP contribution >= 0.6 is 0 Å². The largest absolute Gasteiger partial charge is 0.497 e. The molecule has 4 aromatic rings. The average Bonchev–Trinajstić information content (AvgIpc) is 3.21. The van der Waals surface area contributed by atoms with E-state index in [0.717, 1.165) is 39.1 Å². The van der Waals surface area contributed by atoms with Crippen molar-refractivity contribution < 1.29 is 17.9 Å². The number of aliphatic imine (C=N–C) groups is 1. The molecule has 4 aromatic carbocycles. The maximum Gasteiger partial charge on any atom is 0.203 e. The van der Waals surface area contributed by atoms with Crippen LogP contribution in [0, 0.1) is 0 Å². The summed E-state index contributed by atoms with van der Waals surface area (Å²) in [5.41, 5.74) is 11.3. The summed E-state index contributed by atoms with van der Waals surface area (Å²) in [6, 6.07) is 29.6. The van der Waals surface area contributed by atoms with Crippen molar-refractivity contribution in [2.45, 2.75) is 5.54 Å². The number of nitrogens with zero attached hydrogens (tertiary/aromatic N) is 1. The van der Waals surface area contributed by atoms with Gasteiger partial charge in [0, 0.05) is 17.9 Å². The first-order chi connectivity index (χ1) is 17.4. The van der Waals surface area contributed by atoms with E-state index in [1.807, 2.05) is 66.7 Å². The molecule has 5 rings (SSSR count). The van der Waals surface area contributed by atoms with E-state index >= 15 is 0 Å². The minimum Gasteiger partial charge on any atom is -0.497 e. The topological polar surface area (TPSA) is 83.1 Å². The zero-order valence-electron chi connectivity index (χ0n) is 20.2. The first kappa shape index (κ1) is 23.6. The first-order valence-electron chi connectivity index (χ1n) is 11.4. The number of ether oxygens (including phenoxy) is 2. The van der Waals surface area contributed by atoms with Gasteiger partial charge in [0.2, 0.25) is 11.1 Å². The van der Waals surface area contributed by atoms with Crippen molar-refractivity contribution in [3.8, 4) is 28.4 Å². The van der Waals surface area contributed by atoms with Gasteiger partial charge in [-0.1, -0.05) is 54.6 Å². The predicted octanol–water partition coefficient (Wildman–Crippen LogP) is 5.05. The van der Waals surface area contributed by atoms with E-state index in [4.69, 9.17) is 24.4 Å². The Morgan fingerprint density at radius 1 is 0.750 bits per heavy atom. The van der Waals surface area contributed by atoms with Gasteiger partial charge in [0.15, 0.2) is 0 Å². The van der Waals surface area contributed by atoms with Crippen LogP contribution in [0.4, 0.5) is 0 Å². The number of methoxy groups -OCH3 is 2. The maximum atomic E-state index is 11.7. The van der Waals surface area contributed by atoms with Crippen LogP contribution in [0.2, 0.25) is 0 Å². The Labute approximate surface area is 213 Å². The highest BCUT2D eigenvalue weighted by molar-refractivity contribution is 7.79. The Morgan fingerprint density at radius 2 is 1.47 bits per heavy atom. The monoisotopic (exact) mass is 498 g/mol. The second-order valence-corrected chi connectivity index (χ2v) is 9.41. The average molecular weight is 499 g/mol. The quantitative estimate of drug-likeness (QED) is 0.385. The summed E-state index contributed by atoms with van der Waals surface area (Å²) in [7, 11) is 3.24. The second kappa shape index (κ2) is 9.51. The molecule has 6 nitrogen and oxygen atoms in total. The van der Waals surface area contributed by atoms with Gasteiger partial charge in [-0.3, -0.25) is 0 Å². The zero-order valence-corrected chi connectivity index (χ0v) is 21.0. The molecule has 0 radical (unpaired) electrons. The molecule has 0 fully saturated rings. The lowest BCUT2D eigenvalue weighted by molar-refractivity contribution is 0.413. The van der Waals surface area contributed by atoms with Crippen LogP contribution in [0.25, 0.3) is 11.1 Å². The van der Waals surface area contributed by atoms with Gasteiger partial charge in [0.05, 0.1) is 14.2 Å². The van der Waals surface area contributed by atoms with Crippen molar-refractivity contribution in [3.05, 3.63) is 113 Å². The number of amidine groups is 1. The lowest BCUT2D eigenvalue weighted by Gasteiger charge is -2.29. The Hall–Kier alpha value is -4.10. The molecular weight excluding hydrogens is 472 g/mol. The number of fused-ring (bicyclic) bond motifs is 1. The molecule has 0 bridgehead atoms. The third kappa shape index (κ3) is 4.12. The molecule has 0 aliphatic carbocycles. The molecule has 1 heterocycles. The number of rotatable bonds is 7. The maximum absolute atomic E-state index is 11.7. The molecule has 2 unspecified atom stereocenters. The number of benzene rings is 4. The van der Waals surface area contributed by atoms with Crippen LogP contribution in [-0.2, 0) is 16.6 Å². The minimum absolute atomic E-state index is 0.467. The van der Waals surface area contributed by atoms with E-state index in [2.05, 4.69) is 18.2 Å². The summed E-state index contributed by atoms with van der Waals surface area (Å²) in [6.07, 6.45) is 1.48. The fourth-order valence-corrected chi connectivity index (χ4v) is 5.09. The van der Waals surface area contributed by atoms with E-state index in [9.17, 15) is 4.21 Å². The molecule has 182 valence electrons. The van der Waals surface area contributed by atoms with Crippen molar-refractivity contribution in [1.82, 2.24) is 0 Å². The van der Waals surface area contributed by atoms with Crippen molar-refractivity contribution >= 4 is 16.9 Å². The van der Waals surface area contributed by atoms with Crippen molar-refractivity contribution in [2.24, 2.45) is 10.7 Å². The van der Waals surface area contributed by atoms with Gasteiger partial charge < -0.3 is 19.4 Å². The minimum atomic E-state index is -1.46. The first-order valence-corrected chi connectivity index (χ1v) is 12.8. The predicted molar refractivity (Wildman–Crippen MR) is 143 cm³/mol. The molecule has 36 heavy (non-hydrogen) atoms. The van der Waals surface area contributed by atoms with Crippen LogP contribution in [0.3, 0.4) is 0 Å². The van der Waals surface area contributed by atoms with Gasteiger partial charge in [-0.15, -0.1) is 0 Å². The van der Waals surface area contributed by atoms with Crippen LogP contribution < -0.4 is 19.4 Å². The normalized spacial score (nSPS) is 17.1. The molecule has 2 atom stereocenters. The van der Waals surface area contributed by atoms with E-state index in [0.29, 0.717) is 17.3 Å². The Balaban J connectivity index is 1.71. The molecule has 7 heteroatoms. The number of hydrogen-bond donors (Lipinski definition) is 1. The van der Waals surface area contributed by atoms with Crippen LogP contribution in [0.5, 0.6) is 17.2 Å². The lowest BCUT2D eigenvalue weighted by Crippen LogP contribution is -2.25. The summed E-state index contributed by atoms with van der Waals surface area (Å²) >= 11 is -1.46. The highest BCUT2D eigenvalue weighted by Crippen LogP contribution is 2.47. The second-order valence-electron chi connectivity index (χ2n) is 8.44. The molecule has 0 saturated carbocycles. The Kier molecular flexibility index (Phi) is 6.24. The van der Waals surface area contributed by atoms with E-state index in [1.165, 1.54) is 6.26 Å². The fourth-order valence-electron chi connectivity index (χ4n) is 4.73. The Bertz CT molecular complexity index is 1480. The molecular formula is C29H26N2O4S. The number of nitrogens with two attached hydrogens (primary N) is 1. The molecule has 0 saturated heterocycles.